The van der Waals surface area contributed by atoms with Crippen LogP contribution in [0.2, 0.25) is 0 Å². The molecule has 5 unspecified atom stereocenters. The number of aliphatic hydroxyl groups is 1. The van der Waals surface area contributed by atoms with E-state index in [2.05, 4.69) is 19.2 Å². The fourth-order valence-corrected chi connectivity index (χ4v) is 7.73. The Kier molecular flexibility index (Phi) is 18.9. The van der Waals surface area contributed by atoms with Gasteiger partial charge in [0.15, 0.2) is 5.79 Å². The smallest absolute Gasteiger partial charge is 0.339 e. The average Bonchev–Trinajstić information content (AvgIpc) is 3.61. The fourth-order valence-electron chi connectivity index (χ4n) is 7.73. The minimum absolute atomic E-state index is 0.00854. The van der Waals surface area contributed by atoms with Gasteiger partial charge in [0.05, 0.1) is 18.2 Å². The molecule has 1 saturated heterocycles. The van der Waals surface area contributed by atoms with Crippen LogP contribution in [-0.2, 0) is 44.5 Å². The third-order valence-corrected chi connectivity index (χ3v) is 11.1. The quantitative estimate of drug-likeness (QED) is 0.0721. The molecule has 2 aliphatic rings. The molecule has 13 nitrogen and oxygen atoms in total. The second-order valence-corrected chi connectivity index (χ2v) is 17.6. The maximum atomic E-state index is 14.8. The Hall–Kier alpha value is -4.85. The van der Waals surface area contributed by atoms with Gasteiger partial charge < -0.3 is 39.2 Å². The number of hydrogen-bond donors (Lipinski definition) is 2. The van der Waals surface area contributed by atoms with Crippen molar-refractivity contribution in [3.63, 3.8) is 0 Å². The van der Waals surface area contributed by atoms with Gasteiger partial charge in [0.2, 0.25) is 17.7 Å². The Morgan fingerprint density at radius 2 is 1.56 bits per heavy atom. The summed E-state index contributed by atoms with van der Waals surface area (Å²) in [5.41, 5.74) is 1.16. The zero-order valence-electron chi connectivity index (χ0n) is 38.0. The summed E-state index contributed by atoms with van der Waals surface area (Å²) in [6.07, 6.45) is 9.65. The highest BCUT2D eigenvalue weighted by molar-refractivity contribution is 5.98. The summed E-state index contributed by atoms with van der Waals surface area (Å²) in [5.74, 6) is -3.24. The molecule has 62 heavy (non-hydrogen) atoms. The van der Waals surface area contributed by atoms with Gasteiger partial charge in [0.1, 0.15) is 30.0 Å². The molecule has 0 aromatic heterocycles. The molecule has 1 heterocycles. The van der Waals surface area contributed by atoms with E-state index in [0.29, 0.717) is 24.0 Å². The monoisotopic (exact) mass is 859 g/mol. The van der Waals surface area contributed by atoms with Crippen LogP contribution in [0.1, 0.15) is 127 Å². The van der Waals surface area contributed by atoms with E-state index < -0.39 is 72.1 Å². The van der Waals surface area contributed by atoms with E-state index in [9.17, 15) is 29.1 Å². The Labute approximate surface area is 368 Å². The van der Waals surface area contributed by atoms with Gasteiger partial charge in [-0.25, -0.2) is 4.79 Å². The van der Waals surface area contributed by atoms with E-state index in [1.165, 1.54) is 15.9 Å². The number of carbonyl (C=O) groups excluding carboxylic acids is 5. The zero-order chi connectivity index (χ0) is 45.5. The predicted molar refractivity (Wildman–Crippen MR) is 238 cm³/mol. The number of amides is 3. The van der Waals surface area contributed by atoms with Crippen molar-refractivity contribution in [2.45, 2.75) is 153 Å². The van der Waals surface area contributed by atoms with Crippen LogP contribution in [0.3, 0.4) is 0 Å². The number of likely N-dealkylation sites (N-methyl/N-ethyl adjacent to an activating group) is 2. The summed E-state index contributed by atoms with van der Waals surface area (Å²) in [6, 6.07) is 14.3. The summed E-state index contributed by atoms with van der Waals surface area (Å²) in [6.45, 7) is 9.15. The second kappa shape index (κ2) is 23.6. The summed E-state index contributed by atoms with van der Waals surface area (Å²) in [5, 5.41) is 13.1. The maximum Gasteiger partial charge on any atom is 0.339 e. The number of aliphatic hydroxyl groups excluding tert-OH is 1. The van der Waals surface area contributed by atoms with Crippen LogP contribution >= 0.6 is 0 Å². The van der Waals surface area contributed by atoms with Crippen LogP contribution in [0.15, 0.2) is 72.3 Å². The molecular formula is C49H69N3O10. The van der Waals surface area contributed by atoms with Crippen LogP contribution in [0.5, 0.6) is 0 Å². The first-order chi connectivity index (χ1) is 29.5. The number of rotatable bonds is 22. The number of nitrogens with zero attached hydrogens (tertiary/aromatic N) is 2. The third-order valence-electron chi connectivity index (χ3n) is 11.1. The van der Waals surface area contributed by atoms with Gasteiger partial charge in [-0.2, -0.15) is 0 Å². The van der Waals surface area contributed by atoms with Crippen molar-refractivity contribution < 1.29 is 48.0 Å². The summed E-state index contributed by atoms with van der Waals surface area (Å²) in [7, 11) is 4.84. The third kappa shape index (κ3) is 14.6. The van der Waals surface area contributed by atoms with Crippen molar-refractivity contribution in [3.8, 4) is 0 Å². The maximum absolute atomic E-state index is 14.8. The lowest BCUT2D eigenvalue weighted by Gasteiger charge is -2.34. The predicted octanol–water partition coefficient (Wildman–Crippen LogP) is 6.95. The van der Waals surface area contributed by atoms with Crippen LogP contribution < -0.4 is 5.32 Å². The highest BCUT2D eigenvalue weighted by atomic mass is 16.8. The number of nitrogens with one attached hydrogen (secondary N) is 1. The largest absolute Gasteiger partial charge is 0.460 e. The normalized spacial score (nSPS) is 19.2. The number of benzene rings is 2. The Morgan fingerprint density at radius 3 is 2.18 bits per heavy atom. The Balaban J connectivity index is 1.67. The van der Waals surface area contributed by atoms with Gasteiger partial charge in [0.25, 0.3) is 0 Å². The first-order valence-corrected chi connectivity index (χ1v) is 22.2. The van der Waals surface area contributed by atoms with Crippen molar-refractivity contribution >= 4 is 35.7 Å². The zero-order valence-corrected chi connectivity index (χ0v) is 38.0. The van der Waals surface area contributed by atoms with E-state index in [1.807, 2.05) is 30.3 Å². The molecule has 2 aromatic carbocycles. The van der Waals surface area contributed by atoms with E-state index in [4.69, 9.17) is 18.9 Å². The highest BCUT2D eigenvalue weighted by Crippen LogP contribution is 2.43. The molecule has 4 rings (SSSR count). The standard InChI is InChI=1S/C49H69N3O10/c1-9-11-18-28-49(29-19-12-10-2)60-41-32-36(31-40(44(41)62-49)59-47(58)38-23-17-16-22-35(38)24-26-42(54)51(6)7)46(57)52(8)39(30-34-20-14-13-15-21-34)45(56)50-37(33-53)25-27-43(55)61-48(3,4)5/h13-17,20-24,26,32,37,39-41,44,53H,9-12,18-19,25,27-31,33H2,1-8H3,(H,50,56). The number of hydrogen-bond acceptors (Lipinski definition) is 10. The first kappa shape index (κ1) is 49.8. The van der Waals surface area contributed by atoms with E-state index in [1.54, 1.807) is 78.3 Å². The molecule has 0 radical (unpaired) electrons. The molecule has 0 spiro atoms. The van der Waals surface area contributed by atoms with Crippen molar-refractivity contribution in [3.05, 3.63) is 89.0 Å². The minimum atomic E-state index is -1.02. The molecule has 1 aliphatic heterocycles. The van der Waals surface area contributed by atoms with E-state index in [0.717, 1.165) is 44.1 Å². The van der Waals surface area contributed by atoms with Crippen LogP contribution in [-0.4, -0.2) is 114 Å². The van der Waals surface area contributed by atoms with Gasteiger partial charge in [-0.1, -0.05) is 88.1 Å². The number of esters is 2. The Bertz CT molecular complexity index is 1860. The first-order valence-electron chi connectivity index (χ1n) is 22.2. The van der Waals surface area contributed by atoms with Gasteiger partial charge in [-0.15, -0.1) is 0 Å². The number of carbonyl (C=O) groups is 5. The molecule has 5 atom stereocenters. The second-order valence-electron chi connectivity index (χ2n) is 17.6. The molecule has 1 fully saturated rings. The number of fused-ring (bicyclic) bond motifs is 1. The van der Waals surface area contributed by atoms with Crippen molar-refractivity contribution in [2.75, 3.05) is 27.7 Å². The summed E-state index contributed by atoms with van der Waals surface area (Å²) in [4.78, 5) is 70.7. The SMILES string of the molecule is CCCCCC1(CCCCC)OC2C=C(C(=O)N(C)C(Cc3ccccc3)C(=O)NC(CO)CCC(=O)OC(C)(C)C)CC(OC(=O)c3ccccc3C=CC(=O)N(C)C)C2O1. The topological polar surface area (TPSA) is 161 Å². The lowest BCUT2D eigenvalue weighted by atomic mass is 9.90. The lowest BCUT2D eigenvalue weighted by Crippen LogP contribution is -2.53. The molecular weight excluding hydrogens is 791 g/mol. The van der Waals surface area contributed by atoms with E-state index in [-0.39, 0.29) is 37.2 Å². The number of unbranched alkanes of at least 4 members (excludes halogenated alkanes) is 4. The van der Waals surface area contributed by atoms with Gasteiger partial charge >= 0.3 is 11.9 Å². The molecule has 0 bridgehead atoms. The molecule has 3 amide bonds. The van der Waals surface area contributed by atoms with Crippen molar-refractivity contribution in [2.24, 2.45) is 0 Å². The van der Waals surface area contributed by atoms with Gasteiger partial charge in [-0.3, -0.25) is 19.2 Å². The van der Waals surface area contributed by atoms with Gasteiger partial charge in [0, 0.05) is 64.9 Å². The van der Waals surface area contributed by atoms with Crippen molar-refractivity contribution in [1.29, 1.82) is 0 Å². The Morgan fingerprint density at radius 1 is 0.919 bits per heavy atom. The number of ether oxygens (including phenoxy) is 4. The molecule has 0 saturated carbocycles. The van der Waals surface area contributed by atoms with Gasteiger partial charge in [-0.05, 0) is 69.4 Å². The summed E-state index contributed by atoms with van der Waals surface area (Å²) < 4.78 is 25.4. The summed E-state index contributed by atoms with van der Waals surface area (Å²) >= 11 is 0. The molecule has 340 valence electrons. The van der Waals surface area contributed by atoms with Crippen LogP contribution in [0, 0.1) is 0 Å². The fraction of sp³-hybridized carbons (Fsp3) is 0.571. The van der Waals surface area contributed by atoms with E-state index >= 15 is 0 Å². The minimum Gasteiger partial charge on any atom is -0.460 e. The molecule has 2 N–H and O–H groups in total. The molecule has 2 aromatic rings. The molecule has 13 heteroatoms. The molecule has 1 aliphatic carbocycles. The highest BCUT2D eigenvalue weighted by Gasteiger charge is 2.53. The van der Waals surface area contributed by atoms with Crippen LogP contribution in [0.4, 0.5) is 0 Å². The van der Waals surface area contributed by atoms with Crippen LogP contribution in [0.25, 0.3) is 6.08 Å². The average molecular weight is 860 g/mol. The van der Waals surface area contributed by atoms with Crippen molar-refractivity contribution in [1.82, 2.24) is 15.1 Å². The lowest BCUT2D eigenvalue weighted by molar-refractivity contribution is -0.190.